The SMILES string of the molecule is Cc1c(Cl)cccc1Nc1cnnc(N(Cc2ccccc2)C(C)C)n1. The minimum Gasteiger partial charge on any atom is -0.339 e. The lowest BCUT2D eigenvalue weighted by molar-refractivity contribution is 0.653. The van der Waals surface area contributed by atoms with Crippen molar-refractivity contribution in [1.82, 2.24) is 15.2 Å². The van der Waals surface area contributed by atoms with Crippen LogP contribution in [0.25, 0.3) is 0 Å². The van der Waals surface area contributed by atoms with Gasteiger partial charge in [-0.25, -0.2) is 0 Å². The van der Waals surface area contributed by atoms with Gasteiger partial charge >= 0.3 is 0 Å². The van der Waals surface area contributed by atoms with Gasteiger partial charge in [0.2, 0.25) is 5.95 Å². The molecule has 1 heterocycles. The highest BCUT2D eigenvalue weighted by Gasteiger charge is 2.15. The van der Waals surface area contributed by atoms with Crippen LogP contribution in [0.2, 0.25) is 5.02 Å². The predicted octanol–water partition coefficient (Wildman–Crippen LogP) is 4.99. The second-order valence-electron chi connectivity index (χ2n) is 6.39. The Kier molecular flexibility index (Phi) is 5.68. The normalized spacial score (nSPS) is 10.8. The van der Waals surface area contributed by atoms with Crippen molar-refractivity contribution >= 4 is 29.1 Å². The summed E-state index contributed by atoms with van der Waals surface area (Å²) < 4.78 is 0. The van der Waals surface area contributed by atoms with Gasteiger partial charge in [0.15, 0.2) is 5.82 Å². The summed E-state index contributed by atoms with van der Waals surface area (Å²) >= 11 is 6.20. The van der Waals surface area contributed by atoms with Crippen molar-refractivity contribution in [3.05, 3.63) is 70.9 Å². The second-order valence-corrected chi connectivity index (χ2v) is 6.79. The molecule has 0 saturated carbocycles. The predicted molar refractivity (Wildman–Crippen MR) is 107 cm³/mol. The molecule has 2 aromatic carbocycles. The zero-order valence-corrected chi connectivity index (χ0v) is 15.9. The fourth-order valence-corrected chi connectivity index (χ4v) is 2.80. The molecule has 0 unspecified atom stereocenters. The van der Waals surface area contributed by atoms with Crippen molar-refractivity contribution in [3.8, 4) is 0 Å². The summed E-state index contributed by atoms with van der Waals surface area (Å²) in [6.07, 6.45) is 1.62. The topological polar surface area (TPSA) is 53.9 Å². The molecule has 1 N–H and O–H groups in total. The number of anilines is 3. The van der Waals surface area contributed by atoms with E-state index in [2.05, 4.69) is 51.4 Å². The lowest BCUT2D eigenvalue weighted by Gasteiger charge is -2.26. The van der Waals surface area contributed by atoms with Gasteiger partial charge in [0.25, 0.3) is 0 Å². The van der Waals surface area contributed by atoms with Crippen LogP contribution in [0.1, 0.15) is 25.0 Å². The van der Waals surface area contributed by atoms with E-state index < -0.39 is 0 Å². The zero-order valence-electron chi connectivity index (χ0n) is 15.1. The molecule has 0 bridgehead atoms. The maximum absolute atomic E-state index is 6.20. The van der Waals surface area contributed by atoms with Crippen LogP contribution in [0, 0.1) is 6.92 Å². The van der Waals surface area contributed by atoms with Crippen LogP contribution in [0.4, 0.5) is 17.5 Å². The first-order valence-electron chi connectivity index (χ1n) is 8.57. The van der Waals surface area contributed by atoms with Gasteiger partial charge in [-0.3, -0.25) is 0 Å². The summed E-state index contributed by atoms with van der Waals surface area (Å²) in [7, 11) is 0. The number of aromatic nitrogens is 3. The van der Waals surface area contributed by atoms with E-state index in [0.717, 1.165) is 17.8 Å². The van der Waals surface area contributed by atoms with Crippen molar-refractivity contribution in [3.63, 3.8) is 0 Å². The average molecular weight is 368 g/mol. The van der Waals surface area contributed by atoms with Crippen molar-refractivity contribution in [2.45, 2.75) is 33.4 Å². The van der Waals surface area contributed by atoms with Crippen molar-refractivity contribution in [1.29, 1.82) is 0 Å². The molecule has 0 spiro atoms. The van der Waals surface area contributed by atoms with E-state index in [0.29, 0.717) is 16.8 Å². The monoisotopic (exact) mass is 367 g/mol. The maximum atomic E-state index is 6.20. The lowest BCUT2D eigenvalue weighted by atomic mass is 10.2. The molecule has 0 aliphatic heterocycles. The van der Waals surface area contributed by atoms with Gasteiger partial charge in [0.1, 0.15) is 0 Å². The number of hydrogen-bond donors (Lipinski definition) is 1. The molecular formula is C20H22ClN5. The third-order valence-electron chi connectivity index (χ3n) is 4.15. The van der Waals surface area contributed by atoms with E-state index >= 15 is 0 Å². The molecule has 0 saturated heterocycles. The molecule has 0 aliphatic carbocycles. The summed E-state index contributed by atoms with van der Waals surface area (Å²) in [5.41, 5.74) is 3.08. The number of nitrogens with zero attached hydrogens (tertiary/aromatic N) is 4. The summed E-state index contributed by atoms with van der Waals surface area (Å²) in [5, 5.41) is 12.4. The number of rotatable bonds is 6. The minimum atomic E-state index is 0.236. The number of nitrogens with one attached hydrogen (secondary N) is 1. The molecule has 0 amide bonds. The molecule has 1 aromatic heterocycles. The Morgan fingerprint density at radius 3 is 2.58 bits per heavy atom. The van der Waals surface area contributed by atoms with Gasteiger partial charge in [-0.2, -0.15) is 10.1 Å². The molecule has 134 valence electrons. The Morgan fingerprint density at radius 1 is 1.08 bits per heavy atom. The number of hydrogen-bond acceptors (Lipinski definition) is 5. The molecule has 0 atom stereocenters. The maximum Gasteiger partial charge on any atom is 0.247 e. The number of halogens is 1. The Bertz CT molecular complexity index is 867. The first kappa shape index (κ1) is 18.1. The van der Waals surface area contributed by atoms with Crippen LogP contribution in [0.5, 0.6) is 0 Å². The number of benzene rings is 2. The van der Waals surface area contributed by atoms with Crippen LogP contribution >= 0.6 is 11.6 Å². The fourth-order valence-electron chi connectivity index (χ4n) is 2.62. The van der Waals surface area contributed by atoms with Gasteiger partial charge in [0.05, 0.1) is 6.20 Å². The zero-order chi connectivity index (χ0) is 18.5. The summed E-state index contributed by atoms with van der Waals surface area (Å²) in [6, 6.07) is 16.3. The quantitative estimate of drug-likeness (QED) is 0.665. The minimum absolute atomic E-state index is 0.236. The molecular weight excluding hydrogens is 346 g/mol. The first-order valence-corrected chi connectivity index (χ1v) is 8.95. The summed E-state index contributed by atoms with van der Waals surface area (Å²) in [5.74, 6) is 1.23. The third kappa shape index (κ3) is 4.29. The first-order chi connectivity index (χ1) is 12.5. The Hall–Kier alpha value is -2.66. The van der Waals surface area contributed by atoms with E-state index in [-0.39, 0.29) is 6.04 Å². The fraction of sp³-hybridized carbons (Fsp3) is 0.250. The van der Waals surface area contributed by atoms with Crippen molar-refractivity contribution in [2.24, 2.45) is 0 Å². The molecule has 0 fully saturated rings. The van der Waals surface area contributed by atoms with E-state index in [1.54, 1.807) is 6.20 Å². The standard InChI is InChI=1S/C20H22ClN5/c1-14(2)26(13-16-8-5-4-6-9-16)20-24-19(12-22-25-20)23-18-11-7-10-17(21)15(18)3/h4-12,14H,13H2,1-3H3,(H,23,24,25). The average Bonchev–Trinajstić information content (AvgIpc) is 2.64. The Labute approximate surface area is 159 Å². The van der Waals surface area contributed by atoms with Gasteiger partial charge in [-0.05, 0) is 44.0 Å². The second kappa shape index (κ2) is 8.15. The van der Waals surface area contributed by atoms with E-state index in [4.69, 9.17) is 11.6 Å². The van der Waals surface area contributed by atoms with Gasteiger partial charge in [-0.1, -0.05) is 48.0 Å². The summed E-state index contributed by atoms with van der Waals surface area (Å²) in [4.78, 5) is 6.78. The van der Waals surface area contributed by atoms with Crippen LogP contribution in [-0.4, -0.2) is 21.2 Å². The molecule has 26 heavy (non-hydrogen) atoms. The van der Waals surface area contributed by atoms with E-state index in [1.807, 2.05) is 43.3 Å². The third-order valence-corrected chi connectivity index (χ3v) is 4.56. The molecule has 0 aliphatic rings. The van der Waals surface area contributed by atoms with E-state index in [9.17, 15) is 0 Å². The van der Waals surface area contributed by atoms with E-state index in [1.165, 1.54) is 5.56 Å². The molecule has 3 aromatic rings. The smallest absolute Gasteiger partial charge is 0.247 e. The molecule has 0 radical (unpaired) electrons. The van der Waals surface area contributed by atoms with Crippen molar-refractivity contribution in [2.75, 3.05) is 10.2 Å². The largest absolute Gasteiger partial charge is 0.339 e. The van der Waals surface area contributed by atoms with Crippen molar-refractivity contribution < 1.29 is 0 Å². The Morgan fingerprint density at radius 2 is 1.85 bits per heavy atom. The van der Waals surface area contributed by atoms with Crippen LogP contribution in [0.15, 0.2) is 54.7 Å². The van der Waals surface area contributed by atoms with Crippen LogP contribution in [-0.2, 0) is 6.54 Å². The lowest BCUT2D eigenvalue weighted by Crippen LogP contribution is -2.32. The highest BCUT2D eigenvalue weighted by molar-refractivity contribution is 6.31. The van der Waals surface area contributed by atoms with Gasteiger partial charge in [-0.15, -0.1) is 5.10 Å². The van der Waals surface area contributed by atoms with Gasteiger partial charge in [0, 0.05) is 23.3 Å². The molecule has 5 nitrogen and oxygen atoms in total. The van der Waals surface area contributed by atoms with Crippen LogP contribution in [0.3, 0.4) is 0 Å². The van der Waals surface area contributed by atoms with Crippen LogP contribution < -0.4 is 10.2 Å². The highest BCUT2D eigenvalue weighted by atomic mass is 35.5. The Balaban J connectivity index is 1.85. The summed E-state index contributed by atoms with van der Waals surface area (Å²) in [6.45, 7) is 6.93. The molecule has 3 rings (SSSR count). The highest BCUT2D eigenvalue weighted by Crippen LogP contribution is 2.26. The van der Waals surface area contributed by atoms with Gasteiger partial charge < -0.3 is 10.2 Å². The molecule has 6 heteroatoms.